The Kier molecular flexibility index (Phi) is 10.3. The van der Waals surface area contributed by atoms with Crippen molar-refractivity contribution in [3.8, 4) is 5.75 Å². The molecule has 1 aliphatic heterocycles. The van der Waals surface area contributed by atoms with Crippen LogP contribution in [0.2, 0.25) is 0 Å². The summed E-state index contributed by atoms with van der Waals surface area (Å²) in [6.07, 6.45) is 0.0385. The van der Waals surface area contributed by atoms with Gasteiger partial charge in [-0.1, -0.05) is 52.0 Å². The van der Waals surface area contributed by atoms with Gasteiger partial charge in [-0.15, -0.1) is 0 Å². The highest BCUT2D eigenvalue weighted by Gasteiger charge is 2.31. The van der Waals surface area contributed by atoms with Crippen LogP contribution in [0.25, 0.3) is 0 Å². The van der Waals surface area contributed by atoms with E-state index in [2.05, 4.69) is 16.0 Å². The van der Waals surface area contributed by atoms with Gasteiger partial charge in [-0.05, 0) is 42.2 Å². The molecule has 1 aliphatic rings. The largest absolute Gasteiger partial charge is 0.491 e. The summed E-state index contributed by atoms with van der Waals surface area (Å²) in [7, 11) is 1.63. The molecule has 2 atom stereocenters. The maximum Gasteiger partial charge on any atom is 0.255 e. The number of hydrogen-bond donors (Lipinski definition) is 3. The quantitative estimate of drug-likeness (QED) is 0.508. The Hall–Kier alpha value is -3.95. The Labute approximate surface area is 234 Å². The van der Waals surface area contributed by atoms with E-state index in [1.807, 2.05) is 27.7 Å². The van der Waals surface area contributed by atoms with E-state index in [-0.39, 0.29) is 49.3 Å². The van der Waals surface area contributed by atoms with E-state index < -0.39 is 35.2 Å². The number of halogens is 1. The summed E-state index contributed by atoms with van der Waals surface area (Å²) in [4.78, 5) is 54.4. The molecule has 0 fully saturated rings. The van der Waals surface area contributed by atoms with Gasteiger partial charge >= 0.3 is 0 Å². The van der Waals surface area contributed by atoms with Crippen molar-refractivity contribution >= 4 is 23.6 Å². The number of amides is 4. The Morgan fingerprint density at radius 3 is 2.45 bits per heavy atom. The van der Waals surface area contributed by atoms with Gasteiger partial charge in [0.2, 0.25) is 17.7 Å². The number of para-hydroxylation sites is 1. The molecule has 0 aromatic heterocycles. The van der Waals surface area contributed by atoms with Crippen molar-refractivity contribution in [1.82, 2.24) is 20.9 Å². The van der Waals surface area contributed by atoms with Crippen LogP contribution in [-0.2, 0) is 19.8 Å². The number of likely N-dealkylation sites (N-methyl/N-ethyl adjacent to an activating group) is 1. The van der Waals surface area contributed by atoms with Crippen LogP contribution in [0, 0.1) is 11.7 Å². The molecule has 0 bridgehead atoms. The first-order chi connectivity index (χ1) is 18.9. The van der Waals surface area contributed by atoms with E-state index in [1.165, 1.54) is 17.0 Å². The van der Waals surface area contributed by atoms with Gasteiger partial charge in [-0.3, -0.25) is 19.2 Å². The van der Waals surface area contributed by atoms with Crippen LogP contribution in [0.4, 0.5) is 4.39 Å². The number of carbonyl (C=O) groups is 4. The topological polar surface area (TPSA) is 117 Å². The van der Waals surface area contributed by atoms with Crippen LogP contribution in [-0.4, -0.2) is 67.4 Å². The number of nitrogens with zero attached hydrogens (tertiary/aromatic N) is 1. The molecule has 9 nitrogen and oxygen atoms in total. The third-order valence-corrected chi connectivity index (χ3v) is 6.87. The van der Waals surface area contributed by atoms with Crippen LogP contribution in [0.3, 0.4) is 0 Å². The standard InChI is InChI=1S/C30H39FN4O5/c1-19(2)16-24-29(39)35(5)14-15-40-25-9-7-6-8-22(25)27(37)34-23(17-26(36)33-24)28(38)32-18-30(3,4)20-10-12-21(31)13-11-20/h6-13,19,23-24H,14-18H2,1-5H3,(H,32,38)(H,33,36)(H,34,37)/t23-,24+/m0/s1. The van der Waals surface area contributed by atoms with Crippen molar-refractivity contribution in [1.29, 1.82) is 0 Å². The fraction of sp³-hybridized carbons (Fsp3) is 0.467. The summed E-state index contributed by atoms with van der Waals surface area (Å²) in [5.41, 5.74) is 0.458. The van der Waals surface area contributed by atoms with Gasteiger partial charge in [0.1, 0.15) is 30.3 Å². The number of ether oxygens (including phenoxy) is 1. The minimum Gasteiger partial charge on any atom is -0.491 e. The molecule has 0 unspecified atom stereocenters. The second-order valence-electron chi connectivity index (χ2n) is 11.2. The zero-order valence-corrected chi connectivity index (χ0v) is 23.8. The Balaban J connectivity index is 1.87. The van der Waals surface area contributed by atoms with Gasteiger partial charge < -0.3 is 25.6 Å². The van der Waals surface area contributed by atoms with Crippen LogP contribution in [0.1, 0.15) is 56.5 Å². The fourth-order valence-corrected chi connectivity index (χ4v) is 4.46. The van der Waals surface area contributed by atoms with E-state index in [0.717, 1.165) is 5.56 Å². The monoisotopic (exact) mass is 554 g/mol. The minimum absolute atomic E-state index is 0.122. The molecular weight excluding hydrogens is 515 g/mol. The molecule has 3 rings (SSSR count). The van der Waals surface area contributed by atoms with E-state index in [4.69, 9.17) is 4.74 Å². The molecule has 0 aliphatic carbocycles. The third kappa shape index (κ3) is 8.27. The molecule has 216 valence electrons. The third-order valence-electron chi connectivity index (χ3n) is 6.87. The van der Waals surface area contributed by atoms with Gasteiger partial charge in [0.25, 0.3) is 5.91 Å². The molecule has 0 saturated carbocycles. The molecule has 40 heavy (non-hydrogen) atoms. The first-order valence-corrected chi connectivity index (χ1v) is 13.5. The number of benzene rings is 2. The molecule has 0 radical (unpaired) electrons. The Morgan fingerprint density at radius 1 is 1.10 bits per heavy atom. The summed E-state index contributed by atoms with van der Waals surface area (Å²) in [6, 6.07) is 10.6. The highest BCUT2D eigenvalue weighted by molar-refractivity contribution is 6.01. The first-order valence-electron chi connectivity index (χ1n) is 13.5. The average molecular weight is 555 g/mol. The zero-order chi connectivity index (χ0) is 29.4. The van der Waals surface area contributed by atoms with Crippen molar-refractivity contribution in [3.63, 3.8) is 0 Å². The van der Waals surface area contributed by atoms with Crippen LogP contribution in [0.15, 0.2) is 48.5 Å². The van der Waals surface area contributed by atoms with Gasteiger partial charge in [0.15, 0.2) is 0 Å². The van der Waals surface area contributed by atoms with Crippen molar-refractivity contribution in [2.45, 2.75) is 58.0 Å². The van der Waals surface area contributed by atoms with Gasteiger partial charge in [0.05, 0.1) is 18.5 Å². The van der Waals surface area contributed by atoms with Gasteiger partial charge in [-0.2, -0.15) is 0 Å². The van der Waals surface area contributed by atoms with Crippen molar-refractivity contribution in [3.05, 3.63) is 65.5 Å². The van der Waals surface area contributed by atoms with Crippen LogP contribution in [0.5, 0.6) is 5.75 Å². The van der Waals surface area contributed by atoms with E-state index in [1.54, 1.807) is 43.4 Å². The molecule has 2 aromatic carbocycles. The summed E-state index contributed by atoms with van der Waals surface area (Å²) in [6.45, 7) is 8.25. The number of fused-ring (bicyclic) bond motifs is 1. The summed E-state index contributed by atoms with van der Waals surface area (Å²) in [5.74, 6) is -1.86. The molecule has 10 heteroatoms. The second-order valence-corrected chi connectivity index (χ2v) is 11.2. The maximum absolute atomic E-state index is 13.4. The predicted molar refractivity (Wildman–Crippen MR) is 149 cm³/mol. The molecule has 0 saturated heterocycles. The predicted octanol–water partition coefficient (Wildman–Crippen LogP) is 2.79. The van der Waals surface area contributed by atoms with Crippen LogP contribution >= 0.6 is 0 Å². The highest BCUT2D eigenvalue weighted by atomic mass is 19.1. The normalized spacial score (nSPS) is 19.2. The smallest absolute Gasteiger partial charge is 0.255 e. The lowest BCUT2D eigenvalue weighted by Crippen LogP contribution is -2.53. The van der Waals surface area contributed by atoms with Crippen molar-refractivity contribution < 1.29 is 28.3 Å². The first kappa shape index (κ1) is 30.6. The number of hydrogen-bond acceptors (Lipinski definition) is 5. The minimum atomic E-state index is -1.22. The van der Waals surface area contributed by atoms with Gasteiger partial charge in [-0.25, -0.2) is 4.39 Å². The molecule has 3 N–H and O–H groups in total. The number of carbonyl (C=O) groups excluding carboxylic acids is 4. The maximum atomic E-state index is 13.4. The van der Waals surface area contributed by atoms with Gasteiger partial charge in [0, 0.05) is 19.0 Å². The highest BCUT2D eigenvalue weighted by Crippen LogP contribution is 2.23. The van der Waals surface area contributed by atoms with E-state index >= 15 is 0 Å². The summed E-state index contributed by atoms with van der Waals surface area (Å²) in [5, 5.41) is 8.28. The molecule has 4 amide bonds. The molecule has 0 spiro atoms. The van der Waals surface area contributed by atoms with E-state index in [9.17, 15) is 23.6 Å². The second kappa shape index (κ2) is 13.4. The molecule has 1 heterocycles. The number of rotatable bonds is 6. The summed E-state index contributed by atoms with van der Waals surface area (Å²) >= 11 is 0. The number of nitrogens with one attached hydrogen (secondary N) is 3. The lowest BCUT2D eigenvalue weighted by molar-refractivity contribution is -0.136. The Bertz CT molecular complexity index is 1210. The van der Waals surface area contributed by atoms with Crippen molar-refractivity contribution in [2.75, 3.05) is 26.7 Å². The zero-order valence-electron chi connectivity index (χ0n) is 23.8. The molecule has 2 aromatic rings. The van der Waals surface area contributed by atoms with Crippen molar-refractivity contribution in [2.24, 2.45) is 5.92 Å². The average Bonchev–Trinajstić information content (AvgIpc) is 2.90. The van der Waals surface area contributed by atoms with Crippen LogP contribution < -0.4 is 20.7 Å². The molecular formula is C30H39FN4O5. The Morgan fingerprint density at radius 2 is 1.77 bits per heavy atom. The lowest BCUT2D eigenvalue weighted by Gasteiger charge is -2.29. The summed E-state index contributed by atoms with van der Waals surface area (Å²) < 4.78 is 19.2. The lowest BCUT2D eigenvalue weighted by atomic mass is 9.84. The van der Waals surface area contributed by atoms with E-state index in [0.29, 0.717) is 12.2 Å². The fourth-order valence-electron chi connectivity index (χ4n) is 4.46. The SMILES string of the molecule is CC(C)C[C@H]1NC(=O)C[C@@H](C(=O)NCC(C)(C)c2ccc(F)cc2)NC(=O)c2ccccc2OCCN(C)C1=O.